The zero-order valence-electron chi connectivity index (χ0n) is 15.1. The van der Waals surface area contributed by atoms with Crippen LogP contribution in [0, 0.1) is 0 Å². The molecule has 0 aliphatic heterocycles. The van der Waals surface area contributed by atoms with Crippen molar-refractivity contribution in [3.05, 3.63) is 90.5 Å². The summed E-state index contributed by atoms with van der Waals surface area (Å²) in [7, 11) is 0. The summed E-state index contributed by atoms with van der Waals surface area (Å²) in [4.78, 5) is 13.4. The highest BCUT2D eigenvalue weighted by atomic mass is 16.5. The van der Waals surface area contributed by atoms with Gasteiger partial charge in [-0.2, -0.15) is 5.10 Å². The average Bonchev–Trinajstić information content (AvgIpc) is 2.71. The van der Waals surface area contributed by atoms with Gasteiger partial charge in [0.25, 0.3) is 0 Å². The molecule has 0 saturated carbocycles. The molecular formula is C22H21N3O2. The standard InChI is InChI=1S/C22H21N3O2/c1-2-27-22(26)24-23-17-18-13-15-21(16-14-18)25(19-9-5-3-6-10-19)20-11-7-4-8-12-20/h3-17H,2H2,1H3,(H,24,26)/b23-17-. The lowest BCUT2D eigenvalue weighted by atomic mass is 10.1. The quantitative estimate of drug-likeness (QED) is 0.484. The molecule has 3 aromatic rings. The minimum atomic E-state index is -0.565. The van der Waals surface area contributed by atoms with Crippen LogP contribution in [0.25, 0.3) is 0 Å². The van der Waals surface area contributed by atoms with E-state index in [1.165, 1.54) is 0 Å². The first-order valence-electron chi connectivity index (χ1n) is 8.74. The van der Waals surface area contributed by atoms with E-state index >= 15 is 0 Å². The third-order valence-electron chi connectivity index (χ3n) is 3.82. The molecule has 0 spiro atoms. The molecule has 3 aromatic carbocycles. The Bertz CT molecular complexity index is 839. The molecule has 0 bridgehead atoms. The van der Waals surface area contributed by atoms with Crippen LogP contribution in [0.15, 0.2) is 90.0 Å². The predicted molar refractivity (Wildman–Crippen MR) is 109 cm³/mol. The maximum Gasteiger partial charge on any atom is 0.427 e. The van der Waals surface area contributed by atoms with E-state index in [9.17, 15) is 4.79 Å². The zero-order chi connectivity index (χ0) is 18.9. The topological polar surface area (TPSA) is 53.9 Å². The van der Waals surface area contributed by atoms with Crippen LogP contribution < -0.4 is 10.3 Å². The van der Waals surface area contributed by atoms with Gasteiger partial charge in [0.15, 0.2) is 0 Å². The van der Waals surface area contributed by atoms with E-state index in [0.717, 1.165) is 22.6 Å². The Balaban J connectivity index is 1.82. The summed E-state index contributed by atoms with van der Waals surface area (Å²) in [6, 6.07) is 28.3. The smallest absolute Gasteiger partial charge is 0.427 e. The number of benzene rings is 3. The molecule has 0 radical (unpaired) electrons. The van der Waals surface area contributed by atoms with Gasteiger partial charge in [-0.25, -0.2) is 10.2 Å². The molecular weight excluding hydrogens is 338 g/mol. The largest absolute Gasteiger partial charge is 0.449 e. The number of hydrogen-bond donors (Lipinski definition) is 1. The summed E-state index contributed by atoms with van der Waals surface area (Å²) in [5, 5.41) is 3.89. The Morgan fingerprint density at radius 2 is 1.41 bits per heavy atom. The number of nitrogens with zero attached hydrogens (tertiary/aromatic N) is 2. The molecule has 0 unspecified atom stereocenters. The fourth-order valence-electron chi connectivity index (χ4n) is 2.63. The fraction of sp³-hybridized carbons (Fsp3) is 0.0909. The van der Waals surface area contributed by atoms with E-state index < -0.39 is 6.09 Å². The number of carbonyl (C=O) groups excluding carboxylic acids is 1. The third kappa shape index (κ3) is 4.95. The van der Waals surface area contributed by atoms with E-state index in [4.69, 9.17) is 4.74 Å². The number of carbonyl (C=O) groups is 1. The van der Waals surface area contributed by atoms with Crippen LogP contribution >= 0.6 is 0 Å². The lowest BCUT2D eigenvalue weighted by Gasteiger charge is -2.25. The first-order valence-corrected chi connectivity index (χ1v) is 8.74. The van der Waals surface area contributed by atoms with Crippen molar-refractivity contribution in [2.24, 2.45) is 5.10 Å². The summed E-state index contributed by atoms with van der Waals surface area (Å²) < 4.78 is 4.76. The van der Waals surface area contributed by atoms with Gasteiger partial charge in [-0.3, -0.25) is 0 Å². The molecule has 0 atom stereocenters. The van der Waals surface area contributed by atoms with Gasteiger partial charge in [-0.05, 0) is 48.9 Å². The van der Waals surface area contributed by atoms with E-state index in [0.29, 0.717) is 6.61 Å². The molecule has 0 fully saturated rings. The molecule has 0 saturated heterocycles. The molecule has 1 N–H and O–H groups in total. The van der Waals surface area contributed by atoms with Crippen molar-refractivity contribution in [1.29, 1.82) is 0 Å². The maximum atomic E-state index is 11.2. The molecule has 27 heavy (non-hydrogen) atoms. The van der Waals surface area contributed by atoms with E-state index in [1.54, 1.807) is 13.1 Å². The van der Waals surface area contributed by atoms with Crippen LogP contribution in [0.2, 0.25) is 0 Å². The number of para-hydroxylation sites is 2. The van der Waals surface area contributed by atoms with Crippen LogP contribution in [-0.2, 0) is 4.74 Å². The highest BCUT2D eigenvalue weighted by Gasteiger charge is 2.11. The van der Waals surface area contributed by atoms with Gasteiger partial charge in [-0.15, -0.1) is 0 Å². The number of anilines is 3. The Labute approximate surface area is 158 Å². The summed E-state index contributed by atoms with van der Waals surface area (Å²) in [5.41, 5.74) is 6.38. The van der Waals surface area contributed by atoms with Crippen molar-refractivity contribution in [2.75, 3.05) is 11.5 Å². The van der Waals surface area contributed by atoms with Crippen LogP contribution in [0.5, 0.6) is 0 Å². The first-order chi connectivity index (χ1) is 13.3. The summed E-state index contributed by atoms with van der Waals surface area (Å²) in [6.45, 7) is 2.05. The van der Waals surface area contributed by atoms with Crippen molar-refractivity contribution in [3.63, 3.8) is 0 Å². The van der Waals surface area contributed by atoms with Gasteiger partial charge in [0.1, 0.15) is 0 Å². The molecule has 3 rings (SSSR count). The van der Waals surface area contributed by atoms with Gasteiger partial charge < -0.3 is 9.64 Å². The average molecular weight is 359 g/mol. The number of rotatable bonds is 6. The monoisotopic (exact) mass is 359 g/mol. The van der Waals surface area contributed by atoms with Crippen LogP contribution in [0.1, 0.15) is 12.5 Å². The van der Waals surface area contributed by atoms with Gasteiger partial charge in [0.2, 0.25) is 0 Å². The molecule has 5 heteroatoms. The van der Waals surface area contributed by atoms with Gasteiger partial charge in [0.05, 0.1) is 12.8 Å². The highest BCUT2D eigenvalue weighted by Crippen LogP contribution is 2.33. The molecule has 0 aliphatic carbocycles. The number of hydrogen-bond acceptors (Lipinski definition) is 4. The lowest BCUT2D eigenvalue weighted by Crippen LogP contribution is -2.18. The Hall–Kier alpha value is -3.60. The van der Waals surface area contributed by atoms with Crippen molar-refractivity contribution >= 4 is 29.4 Å². The third-order valence-corrected chi connectivity index (χ3v) is 3.82. The van der Waals surface area contributed by atoms with Crippen LogP contribution in [0.3, 0.4) is 0 Å². The zero-order valence-corrected chi connectivity index (χ0v) is 15.1. The van der Waals surface area contributed by atoms with E-state index in [2.05, 4.69) is 39.7 Å². The van der Waals surface area contributed by atoms with Crippen LogP contribution in [-0.4, -0.2) is 18.9 Å². The normalized spacial score (nSPS) is 10.6. The molecule has 0 aliphatic rings. The van der Waals surface area contributed by atoms with Crippen molar-refractivity contribution in [1.82, 2.24) is 5.43 Å². The minimum Gasteiger partial charge on any atom is -0.449 e. The van der Waals surface area contributed by atoms with Crippen molar-refractivity contribution < 1.29 is 9.53 Å². The summed E-state index contributed by atoms with van der Waals surface area (Å²) >= 11 is 0. The van der Waals surface area contributed by atoms with Gasteiger partial charge in [-0.1, -0.05) is 48.5 Å². The van der Waals surface area contributed by atoms with Crippen LogP contribution in [0.4, 0.5) is 21.9 Å². The van der Waals surface area contributed by atoms with Gasteiger partial charge in [0, 0.05) is 17.1 Å². The number of hydrazone groups is 1. The Kier molecular flexibility index (Phi) is 6.20. The second kappa shape index (κ2) is 9.20. The summed E-state index contributed by atoms with van der Waals surface area (Å²) in [6.07, 6.45) is 1.01. The van der Waals surface area contributed by atoms with E-state index in [-0.39, 0.29) is 0 Å². The van der Waals surface area contributed by atoms with Gasteiger partial charge >= 0.3 is 6.09 Å². The SMILES string of the molecule is CCOC(=O)N/N=C\c1ccc(N(c2ccccc2)c2ccccc2)cc1. The fourth-order valence-corrected chi connectivity index (χ4v) is 2.63. The molecule has 0 heterocycles. The molecule has 136 valence electrons. The Morgan fingerprint density at radius 1 is 0.889 bits per heavy atom. The lowest BCUT2D eigenvalue weighted by molar-refractivity contribution is 0.152. The molecule has 1 amide bonds. The second-order valence-electron chi connectivity index (χ2n) is 5.69. The number of nitrogens with one attached hydrogen (secondary N) is 1. The maximum absolute atomic E-state index is 11.2. The number of amides is 1. The molecule has 5 nitrogen and oxygen atoms in total. The summed E-state index contributed by atoms with van der Waals surface area (Å²) in [5.74, 6) is 0. The highest BCUT2D eigenvalue weighted by molar-refractivity contribution is 5.83. The van der Waals surface area contributed by atoms with E-state index in [1.807, 2.05) is 60.7 Å². The Morgan fingerprint density at radius 3 is 1.93 bits per heavy atom. The molecule has 0 aromatic heterocycles. The van der Waals surface area contributed by atoms with Crippen molar-refractivity contribution in [3.8, 4) is 0 Å². The first kappa shape index (κ1) is 18.2. The van der Waals surface area contributed by atoms with Crippen molar-refractivity contribution in [2.45, 2.75) is 6.92 Å². The predicted octanol–water partition coefficient (Wildman–Crippen LogP) is 5.24. The minimum absolute atomic E-state index is 0.310. The number of ether oxygens (including phenoxy) is 1. The second-order valence-corrected chi connectivity index (χ2v) is 5.69.